The summed E-state index contributed by atoms with van der Waals surface area (Å²) < 4.78 is 0. The average Bonchev–Trinajstić information content (AvgIpc) is 2.16. The Morgan fingerprint density at radius 3 is 0.947 bits per heavy atom. The molecule has 0 fully saturated rings. The predicted octanol–water partition coefficient (Wildman–Crippen LogP) is 4.37. The van der Waals surface area contributed by atoms with Crippen LogP contribution in [0.5, 0.6) is 0 Å². The maximum atomic E-state index is 10.5. The Labute approximate surface area is 119 Å². The number of Topliss-reactive ketones (excluding diaryl/α,β-unsaturated/α-hetero) is 3. The molecule has 0 aromatic rings. The standard InChI is InChI=1S/C6H12O.2C5H10O/c1-5(7)6(2,3)4;2*1-3-4-5(2)6/h1-4H3;2*3-4H2,1-2H3. The first kappa shape index (κ1) is 23.1. The van der Waals surface area contributed by atoms with Crippen molar-refractivity contribution < 1.29 is 14.4 Å². The second-order valence-electron chi connectivity index (χ2n) is 5.71. The van der Waals surface area contributed by atoms with Crippen LogP contribution in [0.15, 0.2) is 0 Å². The van der Waals surface area contributed by atoms with Crippen molar-refractivity contribution in [3.63, 3.8) is 0 Å². The van der Waals surface area contributed by atoms with Gasteiger partial charge in [-0.3, -0.25) is 4.79 Å². The second kappa shape index (κ2) is 13.4. The third kappa shape index (κ3) is 31.6. The highest BCUT2D eigenvalue weighted by Gasteiger charge is 2.14. The van der Waals surface area contributed by atoms with E-state index in [0.717, 1.165) is 25.7 Å². The zero-order chi connectivity index (χ0) is 16.1. The van der Waals surface area contributed by atoms with Crippen molar-refractivity contribution >= 4 is 17.3 Å². The van der Waals surface area contributed by atoms with Crippen LogP contribution in [0.2, 0.25) is 0 Å². The van der Waals surface area contributed by atoms with Crippen molar-refractivity contribution in [3.8, 4) is 0 Å². The molecule has 19 heavy (non-hydrogen) atoms. The van der Waals surface area contributed by atoms with Gasteiger partial charge in [-0.05, 0) is 33.6 Å². The lowest BCUT2D eigenvalue weighted by atomic mass is 9.92. The molecule has 0 saturated carbocycles. The predicted molar refractivity (Wildman–Crippen MR) is 81.3 cm³/mol. The maximum Gasteiger partial charge on any atom is 0.135 e. The highest BCUT2D eigenvalue weighted by atomic mass is 16.1. The van der Waals surface area contributed by atoms with Gasteiger partial charge in [0.1, 0.15) is 17.3 Å². The molecule has 114 valence electrons. The quantitative estimate of drug-likeness (QED) is 0.763. The third-order valence-corrected chi connectivity index (χ3v) is 2.26. The molecule has 0 bridgehead atoms. The smallest absolute Gasteiger partial charge is 0.135 e. The molecular weight excluding hydrogens is 240 g/mol. The number of hydrogen-bond acceptors (Lipinski definition) is 3. The van der Waals surface area contributed by atoms with E-state index in [-0.39, 0.29) is 22.8 Å². The number of rotatable bonds is 4. The van der Waals surface area contributed by atoms with Crippen LogP contribution in [-0.4, -0.2) is 17.3 Å². The number of hydrogen-bond donors (Lipinski definition) is 0. The van der Waals surface area contributed by atoms with Crippen molar-refractivity contribution in [2.45, 2.75) is 81.1 Å². The highest BCUT2D eigenvalue weighted by molar-refractivity contribution is 5.80. The van der Waals surface area contributed by atoms with Gasteiger partial charge < -0.3 is 9.59 Å². The van der Waals surface area contributed by atoms with E-state index in [0.29, 0.717) is 0 Å². The van der Waals surface area contributed by atoms with Crippen LogP contribution in [-0.2, 0) is 14.4 Å². The zero-order valence-electron chi connectivity index (χ0n) is 14.1. The van der Waals surface area contributed by atoms with Gasteiger partial charge in [-0.2, -0.15) is 0 Å². The molecule has 0 radical (unpaired) electrons. The summed E-state index contributed by atoms with van der Waals surface area (Å²) in [5.74, 6) is 0.822. The summed E-state index contributed by atoms with van der Waals surface area (Å²) in [6.07, 6.45) is 3.44. The molecule has 0 aliphatic rings. The second-order valence-corrected chi connectivity index (χ2v) is 5.71. The molecule has 3 nitrogen and oxygen atoms in total. The molecule has 3 heteroatoms. The van der Waals surface area contributed by atoms with Crippen LogP contribution in [0.1, 0.15) is 81.1 Å². The fourth-order valence-corrected chi connectivity index (χ4v) is 0.704. The monoisotopic (exact) mass is 272 g/mol. The van der Waals surface area contributed by atoms with E-state index < -0.39 is 0 Å². The summed E-state index contributed by atoms with van der Waals surface area (Å²) >= 11 is 0. The van der Waals surface area contributed by atoms with Crippen molar-refractivity contribution in [3.05, 3.63) is 0 Å². The molecule has 0 N–H and O–H groups in total. The maximum absolute atomic E-state index is 10.5. The number of carbonyl (C=O) groups is 3. The van der Waals surface area contributed by atoms with Gasteiger partial charge in [-0.15, -0.1) is 0 Å². The summed E-state index contributed by atoms with van der Waals surface area (Å²) in [4.78, 5) is 30.6. The third-order valence-electron chi connectivity index (χ3n) is 2.26. The minimum absolute atomic E-state index is 0.139. The molecule has 0 saturated heterocycles. The Balaban J connectivity index is -0.000000203. The van der Waals surface area contributed by atoms with Crippen molar-refractivity contribution in [1.82, 2.24) is 0 Å². The summed E-state index contributed by atoms with van der Waals surface area (Å²) in [6, 6.07) is 0. The zero-order valence-corrected chi connectivity index (χ0v) is 14.1. The van der Waals surface area contributed by atoms with Gasteiger partial charge in [-0.25, -0.2) is 0 Å². The lowest BCUT2D eigenvalue weighted by Gasteiger charge is -2.11. The molecule has 0 atom stereocenters. The Bertz CT molecular complexity index is 244. The Hall–Kier alpha value is -0.990. The molecule has 0 aromatic heterocycles. The van der Waals surface area contributed by atoms with E-state index in [4.69, 9.17) is 0 Å². The van der Waals surface area contributed by atoms with Crippen molar-refractivity contribution in [2.75, 3.05) is 0 Å². The first-order valence-corrected chi connectivity index (χ1v) is 6.98. The summed E-state index contributed by atoms with van der Waals surface area (Å²) in [7, 11) is 0. The van der Waals surface area contributed by atoms with Gasteiger partial charge in [-0.1, -0.05) is 34.6 Å². The molecule has 0 aromatic carbocycles. The Morgan fingerprint density at radius 1 is 0.737 bits per heavy atom. The van der Waals surface area contributed by atoms with Crippen LogP contribution in [0.3, 0.4) is 0 Å². The summed E-state index contributed by atoms with van der Waals surface area (Å²) in [5.41, 5.74) is -0.139. The first-order chi connectivity index (χ1) is 8.48. The van der Waals surface area contributed by atoms with E-state index in [9.17, 15) is 14.4 Å². The van der Waals surface area contributed by atoms with E-state index in [1.54, 1.807) is 20.8 Å². The van der Waals surface area contributed by atoms with Crippen molar-refractivity contribution in [2.24, 2.45) is 5.41 Å². The number of carbonyl (C=O) groups excluding carboxylic acids is 3. The Kier molecular flexibility index (Phi) is 16.4. The fourth-order valence-electron chi connectivity index (χ4n) is 0.704. The van der Waals surface area contributed by atoms with Gasteiger partial charge in [0.2, 0.25) is 0 Å². The molecule has 0 spiro atoms. The van der Waals surface area contributed by atoms with Gasteiger partial charge >= 0.3 is 0 Å². The molecule has 0 aliphatic heterocycles. The first-order valence-electron chi connectivity index (χ1n) is 6.98. The Morgan fingerprint density at radius 2 is 0.947 bits per heavy atom. The lowest BCUT2D eigenvalue weighted by molar-refractivity contribution is -0.124. The van der Waals surface area contributed by atoms with Gasteiger partial charge in [0.05, 0.1) is 0 Å². The van der Waals surface area contributed by atoms with Gasteiger partial charge in [0.25, 0.3) is 0 Å². The minimum atomic E-state index is -0.139. The van der Waals surface area contributed by atoms with Crippen LogP contribution >= 0.6 is 0 Å². The summed E-state index contributed by atoms with van der Waals surface area (Å²) in [6.45, 7) is 14.6. The largest absolute Gasteiger partial charge is 0.300 e. The lowest BCUT2D eigenvalue weighted by Crippen LogP contribution is -2.15. The minimum Gasteiger partial charge on any atom is -0.300 e. The van der Waals surface area contributed by atoms with E-state index in [1.807, 2.05) is 34.6 Å². The normalized spacial score (nSPS) is 9.47. The van der Waals surface area contributed by atoms with Gasteiger partial charge in [0, 0.05) is 18.3 Å². The van der Waals surface area contributed by atoms with Gasteiger partial charge in [0.15, 0.2) is 0 Å². The van der Waals surface area contributed by atoms with E-state index >= 15 is 0 Å². The molecule has 0 unspecified atom stereocenters. The van der Waals surface area contributed by atoms with Crippen LogP contribution in [0.4, 0.5) is 0 Å². The molecule has 0 rings (SSSR count). The SMILES string of the molecule is CC(=O)C(C)(C)C.CCCC(C)=O.CCCC(C)=O. The molecule has 0 amide bonds. The summed E-state index contributed by atoms with van der Waals surface area (Å²) in [5, 5.41) is 0. The fraction of sp³-hybridized carbons (Fsp3) is 0.812. The van der Waals surface area contributed by atoms with E-state index in [1.165, 1.54) is 0 Å². The molecule has 0 aliphatic carbocycles. The molecule has 0 heterocycles. The number of ketones is 3. The van der Waals surface area contributed by atoms with Crippen LogP contribution in [0, 0.1) is 5.41 Å². The highest BCUT2D eigenvalue weighted by Crippen LogP contribution is 2.12. The van der Waals surface area contributed by atoms with Crippen molar-refractivity contribution in [1.29, 1.82) is 0 Å². The molecular formula is C16H32O3. The van der Waals surface area contributed by atoms with E-state index in [2.05, 4.69) is 0 Å². The van der Waals surface area contributed by atoms with Crippen LogP contribution < -0.4 is 0 Å². The van der Waals surface area contributed by atoms with Crippen LogP contribution in [0.25, 0.3) is 0 Å². The topological polar surface area (TPSA) is 51.2 Å². The average molecular weight is 272 g/mol.